The van der Waals surface area contributed by atoms with Crippen LogP contribution >= 0.6 is 11.8 Å². The van der Waals surface area contributed by atoms with Crippen molar-refractivity contribution >= 4 is 35.6 Å². The largest absolute Gasteiger partial charge is 0.480 e. The zero-order valence-corrected chi connectivity index (χ0v) is 29.7. The minimum atomic E-state index is -1.19. The van der Waals surface area contributed by atoms with Crippen LogP contribution in [0.2, 0.25) is 0 Å². The first-order valence-electron chi connectivity index (χ1n) is 17.6. The third kappa shape index (κ3) is 7.98. The smallest absolute Gasteiger partial charge is 0.407 e. The highest BCUT2D eigenvalue weighted by atomic mass is 32.2. The standard InChI is InChI=1S/C43H39N3O6S/c47-40(23-44-43(51)52-24-36-32-18-8-4-14-28(32)29-15-5-9-19-33(29)36)45-38(22-27-12-2-1-3-13-27)41(48)46-39(42(49)50)26-53-25-37-34-20-10-6-16-30(34)31-17-7-11-21-35(31)37/h1-21,36-39H,22-26H2,(H,44,51)(H,45,47)(H,46,48)(H,49,50)/t38-,39-/m0/s1. The average molecular weight is 726 g/mol. The number of rotatable bonds is 14. The van der Waals surface area contributed by atoms with Crippen molar-refractivity contribution in [1.29, 1.82) is 0 Å². The summed E-state index contributed by atoms with van der Waals surface area (Å²) >= 11 is 1.46. The van der Waals surface area contributed by atoms with Crippen molar-refractivity contribution in [3.05, 3.63) is 155 Å². The molecule has 268 valence electrons. The first kappa shape index (κ1) is 35.5. The molecule has 2 atom stereocenters. The van der Waals surface area contributed by atoms with E-state index in [0.29, 0.717) is 5.75 Å². The highest BCUT2D eigenvalue weighted by Gasteiger charge is 2.31. The molecule has 0 fully saturated rings. The number of amides is 3. The van der Waals surface area contributed by atoms with Gasteiger partial charge in [0, 0.05) is 29.8 Å². The zero-order valence-electron chi connectivity index (χ0n) is 28.9. The molecule has 0 saturated heterocycles. The van der Waals surface area contributed by atoms with Gasteiger partial charge in [0.05, 0.1) is 0 Å². The number of carboxylic acid groups (broad SMARTS) is 1. The second-order valence-electron chi connectivity index (χ2n) is 13.2. The number of thioether (sulfide) groups is 1. The summed E-state index contributed by atoms with van der Waals surface area (Å²) in [4.78, 5) is 51.8. The van der Waals surface area contributed by atoms with Crippen molar-refractivity contribution in [2.45, 2.75) is 30.3 Å². The second kappa shape index (κ2) is 16.2. The topological polar surface area (TPSA) is 134 Å². The minimum Gasteiger partial charge on any atom is -0.480 e. The van der Waals surface area contributed by atoms with Gasteiger partial charge in [0.2, 0.25) is 11.8 Å². The number of hydrogen-bond acceptors (Lipinski definition) is 6. The van der Waals surface area contributed by atoms with Crippen LogP contribution in [0.3, 0.4) is 0 Å². The van der Waals surface area contributed by atoms with Gasteiger partial charge in [-0.15, -0.1) is 0 Å². The molecule has 3 amide bonds. The Balaban J connectivity index is 0.945. The van der Waals surface area contributed by atoms with E-state index in [1.807, 2.05) is 103 Å². The summed E-state index contributed by atoms with van der Waals surface area (Å²) < 4.78 is 5.55. The molecule has 0 aliphatic heterocycles. The summed E-state index contributed by atoms with van der Waals surface area (Å²) in [6.07, 6.45) is -0.639. The molecule has 0 spiro atoms. The molecule has 0 unspecified atom stereocenters. The maximum atomic E-state index is 13.6. The fourth-order valence-electron chi connectivity index (χ4n) is 7.30. The van der Waals surface area contributed by atoms with E-state index in [1.165, 1.54) is 34.0 Å². The fourth-order valence-corrected chi connectivity index (χ4v) is 8.49. The summed E-state index contributed by atoms with van der Waals surface area (Å²) in [6, 6.07) is 39.3. The number of ether oxygens (including phenoxy) is 1. The Bertz CT molecular complexity index is 2050. The zero-order chi connectivity index (χ0) is 36.7. The molecule has 0 radical (unpaired) electrons. The van der Waals surface area contributed by atoms with Crippen LogP contribution in [0.1, 0.15) is 39.7 Å². The Morgan fingerprint density at radius 2 is 1.11 bits per heavy atom. The number of alkyl carbamates (subject to hydrolysis) is 1. The molecule has 7 rings (SSSR count). The third-order valence-corrected chi connectivity index (χ3v) is 11.0. The van der Waals surface area contributed by atoms with Crippen LogP contribution in [0, 0.1) is 0 Å². The van der Waals surface area contributed by atoms with Gasteiger partial charge in [-0.1, -0.05) is 127 Å². The van der Waals surface area contributed by atoms with E-state index in [2.05, 4.69) is 40.2 Å². The normalized spacial score (nSPS) is 13.8. The lowest BCUT2D eigenvalue weighted by Crippen LogP contribution is -2.54. The number of nitrogens with one attached hydrogen (secondary N) is 3. The molecule has 0 heterocycles. The number of carboxylic acids is 1. The van der Waals surface area contributed by atoms with Crippen molar-refractivity contribution in [3.8, 4) is 22.3 Å². The molecule has 5 aromatic carbocycles. The van der Waals surface area contributed by atoms with E-state index >= 15 is 0 Å². The van der Waals surface area contributed by atoms with E-state index in [1.54, 1.807) is 0 Å². The van der Waals surface area contributed by atoms with Gasteiger partial charge in [0.15, 0.2) is 0 Å². The Kier molecular flexibility index (Phi) is 10.9. The van der Waals surface area contributed by atoms with Gasteiger partial charge in [-0.05, 0) is 50.1 Å². The minimum absolute atomic E-state index is 0.0921. The van der Waals surface area contributed by atoms with Crippen LogP contribution < -0.4 is 16.0 Å². The molecular formula is C43H39N3O6S. The van der Waals surface area contributed by atoms with Crippen LogP contribution in [0.15, 0.2) is 127 Å². The predicted octanol–water partition coefficient (Wildman–Crippen LogP) is 6.37. The van der Waals surface area contributed by atoms with Gasteiger partial charge in [0.25, 0.3) is 0 Å². The fraction of sp³-hybridized carbons (Fsp3) is 0.209. The molecular weight excluding hydrogens is 687 g/mol. The first-order chi connectivity index (χ1) is 25.9. The third-order valence-electron chi connectivity index (χ3n) is 9.82. The summed E-state index contributed by atoms with van der Waals surface area (Å²) in [6.45, 7) is -0.341. The average Bonchev–Trinajstić information content (AvgIpc) is 3.68. The number of aliphatic carboxylic acids is 1. The number of hydrogen-bond donors (Lipinski definition) is 4. The molecule has 53 heavy (non-hydrogen) atoms. The summed E-state index contributed by atoms with van der Waals surface area (Å²) in [5.41, 5.74) is 9.90. The molecule has 2 aliphatic carbocycles. The predicted molar refractivity (Wildman–Crippen MR) is 206 cm³/mol. The number of carbonyl (C=O) groups excluding carboxylic acids is 3. The lowest BCUT2D eigenvalue weighted by molar-refractivity contribution is -0.141. The second-order valence-corrected chi connectivity index (χ2v) is 14.2. The quantitative estimate of drug-likeness (QED) is 0.105. The monoisotopic (exact) mass is 725 g/mol. The van der Waals surface area contributed by atoms with E-state index in [9.17, 15) is 24.3 Å². The summed E-state index contributed by atoms with van der Waals surface area (Å²) in [5.74, 6) is -1.67. The van der Waals surface area contributed by atoms with Crippen LogP contribution in [0.4, 0.5) is 4.79 Å². The van der Waals surface area contributed by atoms with Gasteiger partial charge < -0.3 is 25.8 Å². The van der Waals surface area contributed by atoms with Gasteiger partial charge in [-0.25, -0.2) is 9.59 Å². The number of carbonyl (C=O) groups is 4. The van der Waals surface area contributed by atoms with Crippen molar-refractivity contribution in [3.63, 3.8) is 0 Å². The number of fused-ring (bicyclic) bond motifs is 6. The SMILES string of the molecule is O=C(CNC(=O)OCC1c2ccccc2-c2ccccc21)N[C@@H](Cc1ccccc1)C(=O)N[C@@H](CSCC1c2ccccc2-c2ccccc21)C(=O)O. The Hall–Kier alpha value is -5.87. The van der Waals surface area contributed by atoms with E-state index in [-0.39, 0.29) is 30.6 Å². The maximum absolute atomic E-state index is 13.6. The Morgan fingerprint density at radius 3 is 1.64 bits per heavy atom. The first-order valence-corrected chi connectivity index (χ1v) is 18.7. The Labute approximate surface area is 312 Å². The van der Waals surface area contributed by atoms with Crippen molar-refractivity contribution in [2.24, 2.45) is 0 Å². The van der Waals surface area contributed by atoms with E-state index in [0.717, 1.165) is 27.8 Å². The number of benzene rings is 5. The van der Waals surface area contributed by atoms with Crippen molar-refractivity contribution < 1.29 is 29.0 Å². The van der Waals surface area contributed by atoms with Crippen molar-refractivity contribution in [1.82, 2.24) is 16.0 Å². The summed E-state index contributed by atoms with van der Waals surface area (Å²) in [5, 5.41) is 17.9. The molecule has 0 saturated carbocycles. The highest BCUT2D eigenvalue weighted by molar-refractivity contribution is 7.99. The molecule has 5 aromatic rings. The molecule has 10 heteroatoms. The van der Waals surface area contributed by atoms with Crippen LogP contribution in [-0.4, -0.2) is 65.7 Å². The Morgan fingerprint density at radius 1 is 0.623 bits per heavy atom. The van der Waals surface area contributed by atoms with Gasteiger partial charge in [0.1, 0.15) is 25.2 Å². The van der Waals surface area contributed by atoms with Gasteiger partial charge >= 0.3 is 12.1 Å². The molecule has 0 bridgehead atoms. The lowest BCUT2D eigenvalue weighted by Gasteiger charge is -2.22. The van der Waals surface area contributed by atoms with Crippen LogP contribution in [0.5, 0.6) is 0 Å². The maximum Gasteiger partial charge on any atom is 0.407 e. The summed E-state index contributed by atoms with van der Waals surface area (Å²) in [7, 11) is 0. The van der Waals surface area contributed by atoms with Crippen LogP contribution in [-0.2, 0) is 25.5 Å². The highest BCUT2D eigenvalue weighted by Crippen LogP contribution is 2.46. The van der Waals surface area contributed by atoms with Gasteiger partial charge in [-0.2, -0.15) is 11.8 Å². The molecule has 0 aromatic heterocycles. The molecule has 4 N–H and O–H groups in total. The van der Waals surface area contributed by atoms with Gasteiger partial charge in [-0.3, -0.25) is 9.59 Å². The molecule has 9 nitrogen and oxygen atoms in total. The molecule has 2 aliphatic rings. The van der Waals surface area contributed by atoms with E-state index < -0.39 is 42.5 Å². The van der Waals surface area contributed by atoms with E-state index in [4.69, 9.17) is 4.74 Å². The van der Waals surface area contributed by atoms with Crippen LogP contribution in [0.25, 0.3) is 22.3 Å². The van der Waals surface area contributed by atoms with Crippen molar-refractivity contribution in [2.75, 3.05) is 24.7 Å². The lowest BCUT2D eigenvalue weighted by atomic mass is 9.98.